The summed E-state index contributed by atoms with van der Waals surface area (Å²) >= 11 is 0. The Balaban J connectivity index is 1.81. The second kappa shape index (κ2) is 7.33. The van der Waals surface area contributed by atoms with E-state index in [1.807, 2.05) is 25.1 Å². The first kappa shape index (κ1) is 20.0. The summed E-state index contributed by atoms with van der Waals surface area (Å²) in [4.78, 5) is 26.3. The molecule has 0 aliphatic carbocycles. The van der Waals surface area contributed by atoms with Gasteiger partial charge in [0.2, 0.25) is 10.0 Å². The minimum atomic E-state index is -4.12. The summed E-state index contributed by atoms with van der Waals surface area (Å²) in [6.45, 7) is 3.26. The summed E-state index contributed by atoms with van der Waals surface area (Å²) in [6.07, 6.45) is -0.521. The van der Waals surface area contributed by atoms with Crippen molar-refractivity contribution < 1.29 is 27.1 Å². The highest BCUT2D eigenvalue weighted by Crippen LogP contribution is 2.32. The molecule has 3 rings (SSSR count). The van der Waals surface area contributed by atoms with E-state index in [4.69, 9.17) is 9.88 Å². The summed E-state index contributed by atoms with van der Waals surface area (Å²) in [7, 11) is -4.12. The molecular formula is C19H19FN2O5S. The zero-order valence-corrected chi connectivity index (χ0v) is 16.1. The van der Waals surface area contributed by atoms with Crippen LogP contribution >= 0.6 is 0 Å². The van der Waals surface area contributed by atoms with Gasteiger partial charge in [-0.2, -0.15) is 0 Å². The molecule has 0 saturated carbocycles. The molecule has 0 saturated heterocycles. The summed E-state index contributed by atoms with van der Waals surface area (Å²) < 4.78 is 41.9. The predicted molar refractivity (Wildman–Crippen MR) is 99.7 cm³/mol. The number of halogens is 1. The molecule has 1 aliphatic heterocycles. The zero-order valence-electron chi connectivity index (χ0n) is 15.3. The van der Waals surface area contributed by atoms with Crippen molar-refractivity contribution in [1.82, 2.24) is 0 Å². The van der Waals surface area contributed by atoms with Crippen LogP contribution in [0.4, 0.5) is 10.1 Å². The average molecular weight is 406 g/mol. The lowest BCUT2D eigenvalue weighted by Gasteiger charge is -2.26. The van der Waals surface area contributed by atoms with Crippen molar-refractivity contribution in [3.8, 4) is 0 Å². The second-order valence-electron chi connectivity index (χ2n) is 6.62. The van der Waals surface area contributed by atoms with Crippen molar-refractivity contribution in [1.29, 1.82) is 0 Å². The number of fused-ring (bicyclic) bond motifs is 1. The third-order valence-corrected chi connectivity index (χ3v) is 5.47. The fourth-order valence-electron chi connectivity index (χ4n) is 3.21. The molecule has 0 spiro atoms. The Labute approximate surface area is 161 Å². The van der Waals surface area contributed by atoms with Gasteiger partial charge in [-0.3, -0.25) is 4.79 Å². The second-order valence-corrected chi connectivity index (χ2v) is 8.19. The summed E-state index contributed by atoms with van der Waals surface area (Å²) in [5, 5.41) is 5.01. The Morgan fingerprint density at radius 3 is 2.61 bits per heavy atom. The smallest absolute Gasteiger partial charge is 0.341 e. The molecule has 0 bridgehead atoms. The Bertz CT molecular complexity index is 1050. The molecule has 0 unspecified atom stereocenters. The molecule has 0 fully saturated rings. The largest absolute Gasteiger partial charge is 0.449 e. The summed E-state index contributed by atoms with van der Waals surface area (Å²) in [5.74, 6) is -2.57. The van der Waals surface area contributed by atoms with Gasteiger partial charge >= 0.3 is 5.97 Å². The number of rotatable bonds is 4. The molecule has 148 valence electrons. The average Bonchev–Trinajstić information content (AvgIpc) is 2.95. The van der Waals surface area contributed by atoms with Crippen LogP contribution < -0.4 is 10.0 Å². The van der Waals surface area contributed by atoms with Crippen LogP contribution in [-0.2, 0) is 26.0 Å². The Kier molecular flexibility index (Phi) is 5.22. The number of carbonyl (C=O) groups excluding carboxylic acids is 2. The number of hydrogen-bond donors (Lipinski definition) is 1. The lowest BCUT2D eigenvalue weighted by molar-refractivity contribution is -0.126. The number of hydrogen-bond acceptors (Lipinski definition) is 5. The number of primary sulfonamides is 1. The number of carbonyl (C=O) groups is 2. The van der Waals surface area contributed by atoms with Crippen molar-refractivity contribution >= 4 is 27.6 Å². The van der Waals surface area contributed by atoms with Crippen LogP contribution in [0, 0.1) is 5.82 Å². The van der Waals surface area contributed by atoms with Gasteiger partial charge in [-0.25, -0.2) is 22.7 Å². The van der Waals surface area contributed by atoms with Gasteiger partial charge in [0, 0.05) is 11.7 Å². The van der Waals surface area contributed by atoms with E-state index in [2.05, 4.69) is 0 Å². The lowest BCUT2D eigenvalue weighted by atomic mass is 10.1. The number of amides is 1. The highest BCUT2D eigenvalue weighted by atomic mass is 32.2. The van der Waals surface area contributed by atoms with Crippen molar-refractivity contribution in [2.75, 3.05) is 4.90 Å². The van der Waals surface area contributed by atoms with Gasteiger partial charge in [-0.05, 0) is 50.1 Å². The molecular weight excluding hydrogens is 387 g/mol. The molecule has 7 nitrogen and oxygen atoms in total. The normalized spacial score (nSPS) is 17.1. The molecule has 2 aromatic rings. The van der Waals surface area contributed by atoms with Gasteiger partial charge in [0.1, 0.15) is 5.82 Å². The molecule has 1 heterocycles. The number of nitrogens with zero attached hydrogens (tertiary/aromatic N) is 1. The van der Waals surface area contributed by atoms with Gasteiger partial charge in [0.25, 0.3) is 5.91 Å². The van der Waals surface area contributed by atoms with Crippen LogP contribution in [0.25, 0.3) is 0 Å². The third kappa shape index (κ3) is 3.76. The number of esters is 1. The Hall–Kier alpha value is -2.78. The molecule has 2 atom stereocenters. The number of ether oxygens (including phenoxy) is 1. The number of anilines is 1. The molecule has 1 aliphatic rings. The standard InChI is InChI=1S/C19H19FN2O5S/c1-11-9-13-5-3-4-6-17(13)22(11)18(23)12(2)27-19(24)15-10-14(28(21,25)26)7-8-16(15)20/h3-8,10-12H,9H2,1-2H3,(H2,21,25,26)/t11-,12+/m0/s1. The molecule has 2 N–H and O–H groups in total. The first-order valence-corrected chi connectivity index (χ1v) is 10.1. The van der Waals surface area contributed by atoms with Crippen LogP contribution in [0.3, 0.4) is 0 Å². The van der Waals surface area contributed by atoms with E-state index in [1.165, 1.54) is 6.92 Å². The highest BCUT2D eigenvalue weighted by molar-refractivity contribution is 7.89. The quantitative estimate of drug-likeness (QED) is 0.782. The third-order valence-electron chi connectivity index (χ3n) is 4.56. The van der Waals surface area contributed by atoms with E-state index in [9.17, 15) is 22.4 Å². The summed E-state index contributed by atoms with van der Waals surface area (Å²) in [5.41, 5.74) is 1.14. The predicted octanol–water partition coefficient (Wildman–Crippen LogP) is 2.00. The number of para-hydroxylation sites is 1. The first-order valence-electron chi connectivity index (χ1n) is 8.54. The molecule has 0 radical (unpaired) electrons. The topological polar surface area (TPSA) is 107 Å². The van der Waals surface area contributed by atoms with Crippen LogP contribution in [0.5, 0.6) is 0 Å². The molecule has 2 aromatic carbocycles. The lowest BCUT2D eigenvalue weighted by Crippen LogP contribution is -2.43. The highest BCUT2D eigenvalue weighted by Gasteiger charge is 2.35. The van der Waals surface area contributed by atoms with Gasteiger partial charge in [-0.15, -0.1) is 0 Å². The monoisotopic (exact) mass is 406 g/mol. The maximum absolute atomic E-state index is 14.0. The van der Waals surface area contributed by atoms with Crippen molar-refractivity contribution in [3.05, 3.63) is 59.4 Å². The number of nitrogens with two attached hydrogens (primary N) is 1. The van der Waals surface area contributed by atoms with E-state index < -0.39 is 44.3 Å². The maximum atomic E-state index is 14.0. The fraction of sp³-hybridized carbons (Fsp3) is 0.263. The van der Waals surface area contributed by atoms with Gasteiger partial charge < -0.3 is 9.64 Å². The van der Waals surface area contributed by atoms with Gasteiger partial charge in [0.05, 0.1) is 10.5 Å². The van der Waals surface area contributed by atoms with E-state index in [0.717, 1.165) is 29.4 Å². The number of sulfonamides is 1. The van der Waals surface area contributed by atoms with Crippen molar-refractivity contribution in [3.63, 3.8) is 0 Å². The van der Waals surface area contributed by atoms with Crippen LogP contribution in [-0.4, -0.2) is 32.4 Å². The Morgan fingerprint density at radius 1 is 1.25 bits per heavy atom. The fourth-order valence-corrected chi connectivity index (χ4v) is 3.75. The number of benzene rings is 2. The SMILES string of the molecule is C[C@@H](OC(=O)c1cc(S(N)(=O)=O)ccc1F)C(=O)N1c2ccccc2C[C@@H]1C. The zero-order chi connectivity index (χ0) is 20.6. The maximum Gasteiger partial charge on any atom is 0.341 e. The molecule has 9 heteroatoms. The minimum absolute atomic E-state index is 0.117. The van der Waals surface area contributed by atoms with E-state index in [0.29, 0.717) is 6.42 Å². The van der Waals surface area contributed by atoms with E-state index >= 15 is 0 Å². The van der Waals surface area contributed by atoms with E-state index in [1.54, 1.807) is 11.0 Å². The van der Waals surface area contributed by atoms with Gasteiger partial charge in [-0.1, -0.05) is 18.2 Å². The van der Waals surface area contributed by atoms with Crippen LogP contribution in [0.15, 0.2) is 47.4 Å². The van der Waals surface area contributed by atoms with Crippen LogP contribution in [0.2, 0.25) is 0 Å². The minimum Gasteiger partial charge on any atom is -0.449 e. The van der Waals surface area contributed by atoms with E-state index in [-0.39, 0.29) is 6.04 Å². The van der Waals surface area contributed by atoms with Crippen molar-refractivity contribution in [2.45, 2.75) is 37.3 Å². The Morgan fingerprint density at radius 2 is 1.93 bits per heavy atom. The molecule has 28 heavy (non-hydrogen) atoms. The molecule has 0 aromatic heterocycles. The van der Waals surface area contributed by atoms with Crippen molar-refractivity contribution in [2.24, 2.45) is 5.14 Å². The van der Waals surface area contributed by atoms with Gasteiger partial charge in [0.15, 0.2) is 6.10 Å². The molecule has 1 amide bonds. The summed E-state index contributed by atoms with van der Waals surface area (Å²) in [6, 6.07) is 9.84. The first-order chi connectivity index (χ1) is 13.1. The van der Waals surface area contributed by atoms with Crippen LogP contribution in [0.1, 0.15) is 29.8 Å².